The van der Waals surface area contributed by atoms with Crippen LogP contribution in [-0.4, -0.2) is 53.9 Å². The number of sulfone groups is 1. The van der Waals surface area contributed by atoms with Gasteiger partial charge in [-0.05, 0) is 32.1 Å². The molecule has 0 aromatic rings. The second-order valence-electron chi connectivity index (χ2n) is 7.16. The Kier molecular flexibility index (Phi) is 4.67. The molecule has 0 aromatic carbocycles. The van der Waals surface area contributed by atoms with Crippen molar-refractivity contribution in [3.8, 4) is 0 Å². The van der Waals surface area contributed by atoms with Gasteiger partial charge in [0.1, 0.15) is 0 Å². The molecule has 0 radical (unpaired) electrons. The summed E-state index contributed by atoms with van der Waals surface area (Å²) in [7, 11) is -3.10. The highest BCUT2D eigenvalue weighted by Gasteiger charge is 2.50. The molecule has 1 N–H and O–H groups in total. The summed E-state index contributed by atoms with van der Waals surface area (Å²) in [5, 5.41) is 8.39. The van der Waals surface area contributed by atoms with Crippen LogP contribution in [0.2, 0.25) is 0 Å². The summed E-state index contributed by atoms with van der Waals surface area (Å²) in [6, 6.07) is 0. The zero-order valence-electron chi connectivity index (χ0n) is 13.3. The standard InChI is InChI=1S/C16H25NO5S/c18-15(13-10-14(13)16(19)20)17-8-6-12(7-9-17)23(21,22)11-4-2-1-3-5-11/h11-14H,1-10H2,(H,19,20)/t13-,14-/m1/s1. The minimum absolute atomic E-state index is 0.106. The smallest absolute Gasteiger partial charge is 0.307 e. The number of carbonyl (C=O) groups excluding carboxylic acids is 1. The number of hydrogen-bond donors (Lipinski definition) is 1. The van der Waals surface area contributed by atoms with Gasteiger partial charge in [0.05, 0.1) is 22.3 Å². The molecular weight excluding hydrogens is 318 g/mol. The summed E-state index contributed by atoms with van der Waals surface area (Å²) in [5.74, 6) is -1.94. The van der Waals surface area contributed by atoms with Gasteiger partial charge >= 0.3 is 5.97 Å². The van der Waals surface area contributed by atoms with Gasteiger partial charge in [0, 0.05) is 13.1 Å². The van der Waals surface area contributed by atoms with E-state index in [1.54, 1.807) is 4.90 Å². The molecule has 1 aliphatic heterocycles. The van der Waals surface area contributed by atoms with E-state index in [2.05, 4.69) is 0 Å². The van der Waals surface area contributed by atoms with E-state index in [1.807, 2.05) is 0 Å². The third-order valence-electron chi connectivity index (χ3n) is 5.66. The average molecular weight is 343 g/mol. The van der Waals surface area contributed by atoms with E-state index in [0.717, 1.165) is 32.1 Å². The summed E-state index contributed by atoms with van der Waals surface area (Å²) < 4.78 is 25.4. The van der Waals surface area contributed by atoms with Gasteiger partial charge in [-0.1, -0.05) is 19.3 Å². The first-order chi connectivity index (χ1) is 10.9. The number of aliphatic carboxylic acids is 1. The van der Waals surface area contributed by atoms with E-state index >= 15 is 0 Å². The van der Waals surface area contributed by atoms with Crippen molar-refractivity contribution in [1.29, 1.82) is 0 Å². The molecule has 3 aliphatic rings. The lowest BCUT2D eigenvalue weighted by atomic mass is 10.0. The fraction of sp³-hybridized carbons (Fsp3) is 0.875. The number of carboxylic acids is 1. The highest BCUT2D eigenvalue weighted by atomic mass is 32.2. The first kappa shape index (κ1) is 16.7. The number of piperidine rings is 1. The molecular formula is C16H25NO5S. The molecule has 1 heterocycles. The topological polar surface area (TPSA) is 91.8 Å². The van der Waals surface area contributed by atoms with E-state index in [4.69, 9.17) is 5.11 Å². The SMILES string of the molecule is O=C(O)[C@@H]1C[C@H]1C(=O)N1CCC(S(=O)(=O)C2CCCCC2)CC1. The van der Waals surface area contributed by atoms with Crippen LogP contribution in [0.4, 0.5) is 0 Å². The first-order valence-electron chi connectivity index (χ1n) is 8.65. The largest absolute Gasteiger partial charge is 0.481 e. The third kappa shape index (κ3) is 3.39. The molecule has 0 aromatic heterocycles. The Bertz CT molecular complexity index is 573. The molecule has 6 nitrogen and oxygen atoms in total. The summed E-state index contributed by atoms with van der Waals surface area (Å²) in [6.45, 7) is 0.885. The summed E-state index contributed by atoms with van der Waals surface area (Å²) >= 11 is 0. The molecule has 2 aliphatic carbocycles. The minimum atomic E-state index is -3.10. The van der Waals surface area contributed by atoms with Crippen molar-refractivity contribution in [2.24, 2.45) is 11.8 Å². The summed E-state index contributed by atoms with van der Waals surface area (Å²) in [6.07, 6.45) is 6.11. The van der Waals surface area contributed by atoms with E-state index in [1.165, 1.54) is 0 Å². The normalized spacial score (nSPS) is 30.2. The first-order valence-corrected chi connectivity index (χ1v) is 10.3. The fourth-order valence-electron chi connectivity index (χ4n) is 4.05. The molecule has 130 valence electrons. The third-order valence-corrected chi connectivity index (χ3v) is 8.46. The molecule has 1 saturated heterocycles. The van der Waals surface area contributed by atoms with Crippen LogP contribution in [0.5, 0.6) is 0 Å². The number of carbonyl (C=O) groups is 2. The van der Waals surface area contributed by atoms with E-state index in [9.17, 15) is 18.0 Å². The van der Waals surface area contributed by atoms with Crippen molar-refractivity contribution in [1.82, 2.24) is 4.90 Å². The van der Waals surface area contributed by atoms with Gasteiger partial charge in [-0.2, -0.15) is 0 Å². The minimum Gasteiger partial charge on any atom is -0.481 e. The monoisotopic (exact) mass is 343 g/mol. The summed E-state index contributed by atoms with van der Waals surface area (Å²) in [4.78, 5) is 24.8. The molecule has 2 atom stereocenters. The van der Waals surface area contributed by atoms with E-state index in [0.29, 0.717) is 32.4 Å². The second kappa shape index (κ2) is 6.42. The highest BCUT2D eigenvalue weighted by molar-refractivity contribution is 7.92. The van der Waals surface area contributed by atoms with Gasteiger partial charge in [0.25, 0.3) is 0 Å². The number of nitrogens with zero attached hydrogens (tertiary/aromatic N) is 1. The molecule has 3 fully saturated rings. The zero-order valence-corrected chi connectivity index (χ0v) is 14.1. The van der Waals surface area contributed by atoms with Crippen molar-refractivity contribution < 1.29 is 23.1 Å². The molecule has 7 heteroatoms. The van der Waals surface area contributed by atoms with Crippen LogP contribution in [0, 0.1) is 11.8 Å². The number of hydrogen-bond acceptors (Lipinski definition) is 4. The van der Waals surface area contributed by atoms with Crippen LogP contribution >= 0.6 is 0 Å². The van der Waals surface area contributed by atoms with Crippen LogP contribution in [0.25, 0.3) is 0 Å². The highest BCUT2D eigenvalue weighted by Crippen LogP contribution is 2.41. The molecule has 3 rings (SSSR count). The lowest BCUT2D eigenvalue weighted by Crippen LogP contribution is -2.45. The van der Waals surface area contributed by atoms with Crippen molar-refractivity contribution in [3.05, 3.63) is 0 Å². The van der Waals surface area contributed by atoms with E-state index < -0.39 is 21.7 Å². The predicted molar refractivity (Wildman–Crippen MR) is 84.6 cm³/mol. The van der Waals surface area contributed by atoms with Crippen LogP contribution in [0.15, 0.2) is 0 Å². The van der Waals surface area contributed by atoms with Crippen LogP contribution < -0.4 is 0 Å². The fourth-order valence-corrected chi connectivity index (χ4v) is 6.45. The average Bonchev–Trinajstić information content (AvgIpc) is 3.36. The zero-order chi connectivity index (χ0) is 16.6. The number of likely N-dealkylation sites (tertiary alicyclic amines) is 1. The predicted octanol–water partition coefficient (Wildman–Crippen LogP) is 1.45. The number of carboxylic acid groups (broad SMARTS) is 1. The maximum absolute atomic E-state index is 12.7. The van der Waals surface area contributed by atoms with Gasteiger partial charge in [-0.25, -0.2) is 8.42 Å². The molecule has 1 amide bonds. The Morgan fingerprint density at radius 2 is 1.43 bits per heavy atom. The Morgan fingerprint density at radius 1 is 0.870 bits per heavy atom. The van der Waals surface area contributed by atoms with Gasteiger partial charge in [-0.15, -0.1) is 0 Å². The molecule has 0 spiro atoms. The van der Waals surface area contributed by atoms with Crippen LogP contribution in [-0.2, 0) is 19.4 Å². The van der Waals surface area contributed by atoms with Crippen LogP contribution in [0.3, 0.4) is 0 Å². The Labute approximate surface area is 137 Å². The quantitative estimate of drug-likeness (QED) is 0.834. The van der Waals surface area contributed by atoms with Crippen molar-refractivity contribution in [3.63, 3.8) is 0 Å². The maximum Gasteiger partial charge on any atom is 0.307 e. The molecule has 2 saturated carbocycles. The Morgan fingerprint density at radius 3 is 1.96 bits per heavy atom. The second-order valence-corrected chi connectivity index (χ2v) is 9.67. The Balaban J connectivity index is 1.54. The van der Waals surface area contributed by atoms with Gasteiger partial charge in [-0.3, -0.25) is 9.59 Å². The van der Waals surface area contributed by atoms with E-state index in [-0.39, 0.29) is 22.3 Å². The summed E-state index contributed by atoms with van der Waals surface area (Å²) in [5.41, 5.74) is 0. The van der Waals surface area contributed by atoms with Crippen LogP contribution in [0.1, 0.15) is 51.4 Å². The Hall–Kier alpha value is -1.11. The van der Waals surface area contributed by atoms with Crippen molar-refractivity contribution in [2.75, 3.05) is 13.1 Å². The number of rotatable bonds is 4. The maximum atomic E-state index is 12.7. The molecule has 0 bridgehead atoms. The lowest BCUT2D eigenvalue weighted by Gasteiger charge is -2.34. The van der Waals surface area contributed by atoms with Gasteiger partial charge < -0.3 is 10.0 Å². The number of amides is 1. The lowest BCUT2D eigenvalue weighted by molar-refractivity contribution is -0.142. The van der Waals surface area contributed by atoms with Crippen molar-refractivity contribution in [2.45, 2.75) is 61.9 Å². The van der Waals surface area contributed by atoms with Gasteiger partial charge in [0.2, 0.25) is 5.91 Å². The molecule has 0 unspecified atom stereocenters. The van der Waals surface area contributed by atoms with Crippen molar-refractivity contribution >= 4 is 21.7 Å². The molecule has 23 heavy (non-hydrogen) atoms. The van der Waals surface area contributed by atoms with Gasteiger partial charge in [0.15, 0.2) is 9.84 Å².